The topological polar surface area (TPSA) is 88.1 Å². The van der Waals surface area contributed by atoms with Crippen LogP contribution in [0.5, 0.6) is 5.75 Å². The van der Waals surface area contributed by atoms with E-state index in [0.29, 0.717) is 32.0 Å². The Morgan fingerprint density at radius 3 is 1.30 bits per heavy atom. The highest BCUT2D eigenvalue weighted by Crippen LogP contribution is 2.23. The van der Waals surface area contributed by atoms with Crippen molar-refractivity contribution in [2.45, 2.75) is 83.5 Å². The summed E-state index contributed by atoms with van der Waals surface area (Å²) in [5.41, 5.74) is 2.64. The summed E-state index contributed by atoms with van der Waals surface area (Å²) in [5, 5.41) is 0. The number of unbranched alkanes of at least 4 members (excludes halogenated alkanes) is 11. The van der Waals surface area contributed by atoms with E-state index in [1.165, 1.54) is 12.2 Å². The second-order valence-electron chi connectivity index (χ2n) is 10.4. The SMILES string of the molecule is C=CC(=O)OCCCCCCCCCCOC(=O)c1ccc(-c2ccc(OCCCCCCCOC(=O)C=C)cc2)cc1. The number of benzene rings is 2. The zero-order valence-electron chi connectivity index (χ0n) is 25.6. The standard InChI is InChI=1S/C36H48O7/c1-3-34(37)41-27-15-10-7-5-6-8-11-17-29-43-36(39)32-20-18-30(19-21-32)31-22-24-33(25-23-31)40-26-14-12-9-13-16-28-42-35(38)4-2/h3-4,18-25H,1-2,5-17,26-29H2. The molecule has 2 aromatic carbocycles. The van der Waals surface area contributed by atoms with Crippen LogP contribution in [0.1, 0.15) is 93.8 Å². The van der Waals surface area contributed by atoms with Crippen molar-refractivity contribution in [2.24, 2.45) is 0 Å². The number of rotatable bonds is 24. The zero-order valence-corrected chi connectivity index (χ0v) is 25.6. The van der Waals surface area contributed by atoms with E-state index in [2.05, 4.69) is 13.2 Å². The zero-order chi connectivity index (χ0) is 31.0. The lowest BCUT2D eigenvalue weighted by atomic mass is 10.0. The third-order valence-electron chi connectivity index (χ3n) is 6.96. The average molecular weight is 593 g/mol. The summed E-state index contributed by atoms with van der Waals surface area (Å²) >= 11 is 0. The minimum absolute atomic E-state index is 0.288. The molecule has 0 aromatic heterocycles. The van der Waals surface area contributed by atoms with Gasteiger partial charge in [-0.3, -0.25) is 0 Å². The average Bonchev–Trinajstić information content (AvgIpc) is 3.04. The van der Waals surface area contributed by atoms with Crippen LogP contribution in [-0.2, 0) is 23.8 Å². The van der Waals surface area contributed by atoms with Crippen molar-refractivity contribution >= 4 is 17.9 Å². The number of esters is 3. The van der Waals surface area contributed by atoms with Crippen molar-refractivity contribution in [2.75, 3.05) is 26.4 Å². The molecule has 234 valence electrons. The number of hydrogen-bond acceptors (Lipinski definition) is 7. The Morgan fingerprint density at radius 1 is 0.488 bits per heavy atom. The van der Waals surface area contributed by atoms with Crippen LogP contribution in [0.2, 0.25) is 0 Å². The van der Waals surface area contributed by atoms with Crippen LogP contribution in [0.3, 0.4) is 0 Å². The van der Waals surface area contributed by atoms with E-state index in [4.69, 9.17) is 18.9 Å². The quantitative estimate of drug-likeness (QED) is 0.0523. The third-order valence-corrected chi connectivity index (χ3v) is 6.96. The molecule has 0 unspecified atom stereocenters. The fourth-order valence-corrected chi connectivity index (χ4v) is 4.44. The predicted octanol–water partition coefficient (Wildman–Crippen LogP) is 8.42. The van der Waals surface area contributed by atoms with Gasteiger partial charge in [0.1, 0.15) is 5.75 Å². The molecule has 0 aliphatic heterocycles. The molecule has 0 amide bonds. The molecule has 0 saturated carbocycles. The molecule has 0 N–H and O–H groups in total. The van der Waals surface area contributed by atoms with Gasteiger partial charge in [0.05, 0.1) is 32.0 Å². The smallest absolute Gasteiger partial charge is 0.338 e. The minimum atomic E-state index is -0.364. The Balaban J connectivity index is 1.52. The fraction of sp³-hybridized carbons (Fsp3) is 0.472. The largest absolute Gasteiger partial charge is 0.494 e. The van der Waals surface area contributed by atoms with Gasteiger partial charge >= 0.3 is 17.9 Å². The Labute approximate surface area is 257 Å². The lowest BCUT2D eigenvalue weighted by Crippen LogP contribution is -2.06. The number of hydrogen-bond donors (Lipinski definition) is 0. The van der Waals surface area contributed by atoms with Gasteiger partial charge in [0.2, 0.25) is 0 Å². The van der Waals surface area contributed by atoms with E-state index < -0.39 is 0 Å². The van der Waals surface area contributed by atoms with E-state index in [1.807, 2.05) is 48.5 Å². The molecule has 2 aromatic rings. The second-order valence-corrected chi connectivity index (χ2v) is 10.4. The van der Waals surface area contributed by atoms with Gasteiger partial charge in [-0.2, -0.15) is 0 Å². The van der Waals surface area contributed by atoms with Crippen molar-refractivity contribution in [3.63, 3.8) is 0 Å². The Morgan fingerprint density at radius 2 is 0.860 bits per heavy atom. The van der Waals surface area contributed by atoms with Gasteiger partial charge in [-0.05, 0) is 61.1 Å². The molecule has 0 aliphatic carbocycles. The van der Waals surface area contributed by atoms with Gasteiger partial charge in [0, 0.05) is 12.2 Å². The minimum Gasteiger partial charge on any atom is -0.494 e. The molecule has 2 rings (SSSR count). The van der Waals surface area contributed by atoms with Gasteiger partial charge in [-0.1, -0.05) is 95.2 Å². The molecule has 0 atom stereocenters. The summed E-state index contributed by atoms with van der Waals surface area (Å²) in [6.45, 7) is 8.77. The lowest BCUT2D eigenvalue weighted by Gasteiger charge is -2.09. The predicted molar refractivity (Wildman–Crippen MR) is 170 cm³/mol. The van der Waals surface area contributed by atoms with Crippen molar-refractivity contribution in [1.29, 1.82) is 0 Å². The molecule has 0 fully saturated rings. The normalized spacial score (nSPS) is 10.5. The van der Waals surface area contributed by atoms with E-state index in [0.717, 1.165) is 100 Å². The second kappa shape index (κ2) is 22.7. The highest BCUT2D eigenvalue weighted by atomic mass is 16.5. The van der Waals surface area contributed by atoms with Crippen LogP contribution in [0.15, 0.2) is 73.8 Å². The summed E-state index contributed by atoms with van der Waals surface area (Å²) in [7, 11) is 0. The van der Waals surface area contributed by atoms with Crippen molar-refractivity contribution < 1.29 is 33.3 Å². The molecule has 7 nitrogen and oxygen atoms in total. The molecule has 43 heavy (non-hydrogen) atoms. The van der Waals surface area contributed by atoms with Gasteiger partial charge < -0.3 is 18.9 Å². The molecule has 7 heteroatoms. The fourth-order valence-electron chi connectivity index (χ4n) is 4.44. The van der Waals surface area contributed by atoms with Crippen LogP contribution < -0.4 is 4.74 Å². The highest BCUT2D eigenvalue weighted by Gasteiger charge is 2.08. The first-order valence-corrected chi connectivity index (χ1v) is 15.6. The number of carbonyl (C=O) groups is 3. The number of ether oxygens (including phenoxy) is 4. The molecule has 0 bridgehead atoms. The summed E-state index contributed by atoms with van der Waals surface area (Å²) in [6.07, 6.45) is 15.8. The first-order chi connectivity index (χ1) is 21.0. The van der Waals surface area contributed by atoms with E-state index in [9.17, 15) is 14.4 Å². The Bertz CT molecular complexity index is 1090. The van der Waals surface area contributed by atoms with Crippen LogP contribution in [0.4, 0.5) is 0 Å². The van der Waals surface area contributed by atoms with Crippen LogP contribution in [-0.4, -0.2) is 44.3 Å². The summed E-state index contributed by atoms with van der Waals surface area (Å²) < 4.78 is 21.3. The Hall–Kier alpha value is -3.87. The first kappa shape index (κ1) is 35.3. The van der Waals surface area contributed by atoms with Crippen molar-refractivity contribution in [3.05, 3.63) is 79.4 Å². The van der Waals surface area contributed by atoms with Crippen molar-refractivity contribution in [3.8, 4) is 16.9 Å². The summed E-state index contributed by atoms with van der Waals surface area (Å²) in [4.78, 5) is 34.4. The molecule has 0 radical (unpaired) electrons. The van der Waals surface area contributed by atoms with Crippen molar-refractivity contribution in [1.82, 2.24) is 0 Å². The van der Waals surface area contributed by atoms with Gasteiger partial charge in [0.15, 0.2) is 0 Å². The number of carbonyl (C=O) groups excluding carboxylic acids is 3. The highest BCUT2D eigenvalue weighted by molar-refractivity contribution is 5.90. The summed E-state index contributed by atoms with van der Waals surface area (Å²) in [6, 6.07) is 15.5. The van der Waals surface area contributed by atoms with Crippen LogP contribution >= 0.6 is 0 Å². The van der Waals surface area contributed by atoms with E-state index in [1.54, 1.807) is 0 Å². The van der Waals surface area contributed by atoms with Gasteiger partial charge in [0.25, 0.3) is 0 Å². The molecule has 0 heterocycles. The maximum atomic E-state index is 12.4. The first-order valence-electron chi connectivity index (χ1n) is 15.6. The van der Waals surface area contributed by atoms with E-state index >= 15 is 0 Å². The van der Waals surface area contributed by atoms with E-state index in [-0.39, 0.29) is 17.9 Å². The van der Waals surface area contributed by atoms with Gasteiger partial charge in [-0.25, -0.2) is 14.4 Å². The monoisotopic (exact) mass is 592 g/mol. The maximum Gasteiger partial charge on any atom is 0.338 e. The van der Waals surface area contributed by atoms with Gasteiger partial charge in [-0.15, -0.1) is 0 Å². The maximum absolute atomic E-state index is 12.4. The molecular formula is C36H48O7. The molecule has 0 spiro atoms. The lowest BCUT2D eigenvalue weighted by molar-refractivity contribution is -0.138. The molecular weight excluding hydrogens is 544 g/mol. The summed E-state index contributed by atoms with van der Waals surface area (Å²) in [5.74, 6) is -0.172. The Kier molecular flexibility index (Phi) is 18.6. The molecule has 0 aliphatic rings. The molecule has 0 saturated heterocycles. The van der Waals surface area contributed by atoms with Crippen LogP contribution in [0.25, 0.3) is 11.1 Å². The third kappa shape index (κ3) is 16.4. The van der Waals surface area contributed by atoms with Crippen LogP contribution in [0, 0.1) is 0 Å².